The SMILES string of the molecule is COC(=O)c1cccc(C(=O)N[C@@H](Cc2ccccc2F)C(=O)OC)c1. The fourth-order valence-corrected chi connectivity index (χ4v) is 2.37. The second kappa shape index (κ2) is 8.75. The lowest BCUT2D eigenvalue weighted by Gasteiger charge is -2.17. The molecule has 0 aromatic heterocycles. The van der Waals surface area contributed by atoms with Crippen molar-refractivity contribution >= 4 is 17.8 Å². The molecule has 7 heteroatoms. The largest absolute Gasteiger partial charge is 0.467 e. The van der Waals surface area contributed by atoms with Crippen molar-refractivity contribution < 1.29 is 28.2 Å². The first-order valence-electron chi connectivity index (χ1n) is 7.76. The lowest BCUT2D eigenvalue weighted by atomic mass is 10.0. The second-order valence-electron chi connectivity index (χ2n) is 5.42. The van der Waals surface area contributed by atoms with Crippen LogP contribution in [0.15, 0.2) is 48.5 Å². The molecule has 1 amide bonds. The number of hydrogen-bond donors (Lipinski definition) is 1. The molecule has 0 saturated carbocycles. The highest BCUT2D eigenvalue weighted by atomic mass is 19.1. The summed E-state index contributed by atoms with van der Waals surface area (Å²) >= 11 is 0. The third-order valence-corrected chi connectivity index (χ3v) is 3.72. The number of methoxy groups -OCH3 is 2. The molecule has 1 atom stereocenters. The van der Waals surface area contributed by atoms with Gasteiger partial charge in [-0.15, -0.1) is 0 Å². The summed E-state index contributed by atoms with van der Waals surface area (Å²) in [6, 6.07) is 10.7. The molecule has 0 aliphatic rings. The minimum Gasteiger partial charge on any atom is -0.467 e. The number of amides is 1. The molecule has 6 nitrogen and oxygen atoms in total. The Morgan fingerprint density at radius 2 is 1.69 bits per heavy atom. The van der Waals surface area contributed by atoms with E-state index in [1.54, 1.807) is 6.07 Å². The van der Waals surface area contributed by atoms with Crippen LogP contribution < -0.4 is 5.32 Å². The van der Waals surface area contributed by atoms with Crippen LogP contribution in [0, 0.1) is 5.82 Å². The van der Waals surface area contributed by atoms with Crippen LogP contribution in [0.2, 0.25) is 0 Å². The van der Waals surface area contributed by atoms with E-state index in [-0.39, 0.29) is 23.1 Å². The van der Waals surface area contributed by atoms with Crippen molar-refractivity contribution in [1.29, 1.82) is 0 Å². The highest BCUT2D eigenvalue weighted by Crippen LogP contribution is 2.12. The number of esters is 2. The Morgan fingerprint density at radius 3 is 2.35 bits per heavy atom. The van der Waals surface area contributed by atoms with Gasteiger partial charge in [-0.25, -0.2) is 14.0 Å². The maximum atomic E-state index is 13.8. The van der Waals surface area contributed by atoms with Crippen LogP contribution in [0.3, 0.4) is 0 Å². The zero-order valence-electron chi connectivity index (χ0n) is 14.3. The fourth-order valence-electron chi connectivity index (χ4n) is 2.37. The topological polar surface area (TPSA) is 81.7 Å². The minimum atomic E-state index is -1.08. The van der Waals surface area contributed by atoms with E-state index in [0.717, 1.165) is 0 Å². The molecule has 0 aliphatic carbocycles. The zero-order valence-corrected chi connectivity index (χ0v) is 14.3. The van der Waals surface area contributed by atoms with E-state index in [9.17, 15) is 18.8 Å². The van der Waals surface area contributed by atoms with Crippen molar-refractivity contribution in [1.82, 2.24) is 5.32 Å². The summed E-state index contributed by atoms with van der Waals surface area (Å²) in [6.07, 6.45) is -0.0677. The number of halogens is 1. The zero-order chi connectivity index (χ0) is 19.1. The van der Waals surface area contributed by atoms with Gasteiger partial charge in [-0.3, -0.25) is 4.79 Å². The van der Waals surface area contributed by atoms with Gasteiger partial charge in [0.25, 0.3) is 5.91 Å². The molecule has 0 heterocycles. The van der Waals surface area contributed by atoms with Crippen molar-refractivity contribution in [3.05, 3.63) is 71.0 Å². The smallest absolute Gasteiger partial charge is 0.337 e. The molecule has 0 radical (unpaired) electrons. The predicted molar refractivity (Wildman–Crippen MR) is 91.2 cm³/mol. The number of ether oxygens (including phenoxy) is 2. The molecule has 0 aliphatic heterocycles. The van der Waals surface area contributed by atoms with E-state index in [2.05, 4.69) is 10.1 Å². The van der Waals surface area contributed by atoms with Crippen LogP contribution in [0.25, 0.3) is 0 Å². The van der Waals surface area contributed by atoms with Crippen LogP contribution >= 0.6 is 0 Å². The van der Waals surface area contributed by atoms with Crippen molar-refractivity contribution in [2.75, 3.05) is 14.2 Å². The molecule has 0 unspecified atom stereocenters. The highest BCUT2D eigenvalue weighted by molar-refractivity contribution is 5.99. The van der Waals surface area contributed by atoms with Crippen molar-refractivity contribution in [2.24, 2.45) is 0 Å². The highest BCUT2D eigenvalue weighted by Gasteiger charge is 2.24. The quantitative estimate of drug-likeness (QED) is 0.799. The summed E-state index contributed by atoms with van der Waals surface area (Å²) in [5.74, 6) is -2.37. The average molecular weight is 359 g/mol. The van der Waals surface area contributed by atoms with Gasteiger partial charge < -0.3 is 14.8 Å². The van der Waals surface area contributed by atoms with Gasteiger partial charge in [0, 0.05) is 12.0 Å². The van der Waals surface area contributed by atoms with Crippen LogP contribution in [0.5, 0.6) is 0 Å². The van der Waals surface area contributed by atoms with E-state index < -0.39 is 29.7 Å². The van der Waals surface area contributed by atoms with Gasteiger partial charge in [-0.05, 0) is 29.8 Å². The molecular weight excluding hydrogens is 341 g/mol. The van der Waals surface area contributed by atoms with Gasteiger partial charge in [0.2, 0.25) is 0 Å². The summed E-state index contributed by atoms with van der Waals surface area (Å²) in [7, 11) is 2.41. The fraction of sp³-hybridized carbons (Fsp3) is 0.211. The van der Waals surface area contributed by atoms with Gasteiger partial charge in [-0.1, -0.05) is 24.3 Å². The number of hydrogen-bond acceptors (Lipinski definition) is 5. The number of carbonyl (C=O) groups is 3. The summed E-state index contributed by atoms with van der Waals surface area (Å²) in [5.41, 5.74) is 0.630. The summed E-state index contributed by atoms with van der Waals surface area (Å²) < 4.78 is 23.1. The maximum Gasteiger partial charge on any atom is 0.337 e. The Morgan fingerprint density at radius 1 is 1.00 bits per heavy atom. The number of nitrogens with one attached hydrogen (secondary N) is 1. The van der Waals surface area contributed by atoms with Crippen LogP contribution in [-0.2, 0) is 20.7 Å². The Bertz CT molecular complexity index is 821. The van der Waals surface area contributed by atoms with E-state index in [1.807, 2.05) is 0 Å². The van der Waals surface area contributed by atoms with Crippen LogP contribution in [-0.4, -0.2) is 38.1 Å². The number of benzene rings is 2. The Hall–Kier alpha value is -3.22. The normalized spacial score (nSPS) is 11.3. The lowest BCUT2D eigenvalue weighted by molar-refractivity contribution is -0.142. The summed E-state index contributed by atoms with van der Waals surface area (Å²) in [5, 5.41) is 2.51. The molecule has 0 bridgehead atoms. The van der Waals surface area contributed by atoms with Gasteiger partial charge in [-0.2, -0.15) is 0 Å². The molecule has 2 aromatic rings. The summed E-state index contributed by atoms with van der Waals surface area (Å²) in [4.78, 5) is 36.0. The number of carbonyl (C=O) groups excluding carboxylic acids is 3. The van der Waals surface area contributed by atoms with E-state index in [0.29, 0.717) is 0 Å². The summed E-state index contributed by atoms with van der Waals surface area (Å²) in [6.45, 7) is 0. The van der Waals surface area contributed by atoms with Gasteiger partial charge in [0.15, 0.2) is 0 Å². The third kappa shape index (κ3) is 4.66. The minimum absolute atomic E-state index is 0.0677. The Balaban J connectivity index is 2.20. The van der Waals surface area contributed by atoms with Gasteiger partial charge in [0.1, 0.15) is 11.9 Å². The maximum absolute atomic E-state index is 13.8. The molecule has 2 rings (SSSR count). The third-order valence-electron chi connectivity index (χ3n) is 3.72. The van der Waals surface area contributed by atoms with E-state index >= 15 is 0 Å². The Labute approximate surface area is 149 Å². The molecule has 0 spiro atoms. The van der Waals surface area contributed by atoms with Crippen LogP contribution in [0.1, 0.15) is 26.3 Å². The lowest BCUT2D eigenvalue weighted by Crippen LogP contribution is -2.43. The second-order valence-corrected chi connectivity index (χ2v) is 5.42. The first-order chi connectivity index (χ1) is 12.5. The molecular formula is C19H18FNO5. The van der Waals surface area contributed by atoms with Gasteiger partial charge in [0.05, 0.1) is 19.8 Å². The first kappa shape index (κ1) is 19.1. The van der Waals surface area contributed by atoms with Crippen molar-refractivity contribution in [3.63, 3.8) is 0 Å². The molecule has 2 aromatic carbocycles. The van der Waals surface area contributed by atoms with E-state index in [4.69, 9.17) is 4.74 Å². The molecule has 26 heavy (non-hydrogen) atoms. The van der Waals surface area contributed by atoms with Crippen molar-refractivity contribution in [3.8, 4) is 0 Å². The first-order valence-corrected chi connectivity index (χ1v) is 7.76. The van der Waals surface area contributed by atoms with Gasteiger partial charge >= 0.3 is 11.9 Å². The average Bonchev–Trinajstić information content (AvgIpc) is 2.67. The standard InChI is InChI=1S/C19H18FNO5/c1-25-18(23)14-8-5-7-13(10-14)17(22)21-16(19(24)26-2)11-12-6-3-4-9-15(12)20/h3-10,16H,11H2,1-2H3,(H,21,22)/t16-/m0/s1. The van der Waals surface area contributed by atoms with Crippen molar-refractivity contribution in [2.45, 2.75) is 12.5 Å². The molecule has 0 saturated heterocycles. The predicted octanol–water partition coefficient (Wildman–Crippen LogP) is 2.13. The molecule has 136 valence electrons. The molecule has 0 fully saturated rings. The van der Waals surface area contributed by atoms with E-state index in [1.165, 1.54) is 56.7 Å². The monoisotopic (exact) mass is 359 g/mol. The number of rotatable bonds is 6. The Kier molecular flexibility index (Phi) is 6.43. The van der Waals surface area contributed by atoms with Crippen LogP contribution in [0.4, 0.5) is 4.39 Å². The molecule has 1 N–H and O–H groups in total.